The number of amides is 1. The van der Waals surface area contributed by atoms with Gasteiger partial charge in [-0.15, -0.1) is 0 Å². The number of aromatic nitrogens is 1. The van der Waals surface area contributed by atoms with E-state index in [0.717, 1.165) is 11.9 Å². The number of sulfonamides is 1. The fourth-order valence-electron chi connectivity index (χ4n) is 2.96. The Morgan fingerprint density at radius 1 is 1.08 bits per heavy atom. The lowest BCUT2D eigenvalue weighted by Gasteiger charge is -2.06. The van der Waals surface area contributed by atoms with Crippen LogP contribution in [0.3, 0.4) is 0 Å². The van der Waals surface area contributed by atoms with E-state index in [-0.39, 0.29) is 17.1 Å². The molecule has 6 nitrogen and oxygen atoms in total. The van der Waals surface area contributed by atoms with Crippen molar-refractivity contribution >= 4 is 38.1 Å². The molecule has 0 radical (unpaired) electrons. The van der Waals surface area contributed by atoms with E-state index < -0.39 is 15.9 Å². The number of nitrogens with zero attached hydrogens (tertiary/aromatic N) is 1. The maximum atomic E-state index is 12.8. The second-order valence-electron chi connectivity index (χ2n) is 6.22. The average Bonchev–Trinajstić information content (AvgIpc) is 2.93. The summed E-state index contributed by atoms with van der Waals surface area (Å²) in [6.45, 7) is 3.36. The lowest BCUT2D eigenvalue weighted by atomic mass is 10.1. The molecular formula is C19H20N2O4S. The van der Waals surface area contributed by atoms with Crippen LogP contribution < -0.4 is 4.72 Å². The molecule has 1 aromatic carbocycles. The Morgan fingerprint density at radius 2 is 1.81 bits per heavy atom. The topological polar surface area (TPSA) is 84.7 Å². The highest BCUT2D eigenvalue weighted by Gasteiger charge is 2.22. The molecule has 1 N–H and O–H groups in total. The largest absolute Gasteiger partial charge is 0.315 e. The average molecular weight is 372 g/mol. The first-order valence-electron chi connectivity index (χ1n) is 8.42. The fraction of sp³-hybridized carbons (Fsp3) is 0.263. The first kappa shape index (κ1) is 18.1. The van der Waals surface area contributed by atoms with Crippen LogP contribution in [0.25, 0.3) is 16.4 Å². The van der Waals surface area contributed by atoms with Crippen molar-refractivity contribution in [2.24, 2.45) is 0 Å². The molecule has 0 fully saturated rings. The number of Topliss-reactive ketones (excluding diaryl/α,β-unsaturated/α-hetero) is 1. The van der Waals surface area contributed by atoms with Gasteiger partial charge >= 0.3 is 0 Å². The van der Waals surface area contributed by atoms with Gasteiger partial charge in [0.1, 0.15) is 0 Å². The van der Waals surface area contributed by atoms with Gasteiger partial charge in [-0.3, -0.25) is 9.59 Å². The van der Waals surface area contributed by atoms with E-state index in [9.17, 15) is 18.0 Å². The third kappa shape index (κ3) is 3.35. The second kappa shape index (κ2) is 6.92. The summed E-state index contributed by atoms with van der Waals surface area (Å²) in [5.74, 6) is -0.832. The van der Waals surface area contributed by atoms with Gasteiger partial charge in [-0.1, -0.05) is 31.5 Å². The Bertz CT molecular complexity index is 1110. The number of unbranched alkanes of at least 4 members (excludes halogenated alkanes) is 1. The first-order valence-corrected chi connectivity index (χ1v) is 10.1. The Hall–Kier alpha value is -2.67. The molecule has 0 unspecified atom stereocenters. The van der Waals surface area contributed by atoms with Gasteiger partial charge < -0.3 is 4.40 Å². The Labute approximate surface area is 151 Å². The molecule has 136 valence electrons. The third-order valence-corrected chi connectivity index (χ3v) is 5.61. The quantitative estimate of drug-likeness (QED) is 0.674. The minimum Gasteiger partial charge on any atom is -0.315 e. The predicted octanol–water partition coefficient (Wildman–Crippen LogP) is 3.15. The van der Waals surface area contributed by atoms with E-state index >= 15 is 0 Å². The molecular weight excluding hydrogens is 352 g/mol. The van der Waals surface area contributed by atoms with E-state index in [1.165, 1.54) is 6.92 Å². The lowest BCUT2D eigenvalue weighted by molar-refractivity contribution is 0.0982. The lowest BCUT2D eigenvalue weighted by Crippen LogP contribution is -2.32. The third-order valence-electron chi connectivity index (χ3n) is 4.29. The summed E-state index contributed by atoms with van der Waals surface area (Å²) in [6, 6.07) is 10.5. The van der Waals surface area contributed by atoms with Crippen molar-refractivity contribution in [3.8, 4) is 0 Å². The van der Waals surface area contributed by atoms with Gasteiger partial charge in [0, 0.05) is 17.1 Å². The molecule has 0 aliphatic rings. The number of pyridine rings is 1. The van der Waals surface area contributed by atoms with Crippen LogP contribution >= 0.6 is 0 Å². The molecule has 0 aliphatic carbocycles. The van der Waals surface area contributed by atoms with Crippen LogP contribution in [0.4, 0.5) is 0 Å². The Morgan fingerprint density at radius 3 is 2.50 bits per heavy atom. The van der Waals surface area contributed by atoms with Gasteiger partial charge in [-0.2, -0.15) is 0 Å². The summed E-state index contributed by atoms with van der Waals surface area (Å²) in [6.07, 6.45) is 2.88. The molecule has 26 heavy (non-hydrogen) atoms. The summed E-state index contributed by atoms with van der Waals surface area (Å²) in [4.78, 5) is 24.4. The molecule has 2 heterocycles. The summed E-state index contributed by atoms with van der Waals surface area (Å²) >= 11 is 0. The van der Waals surface area contributed by atoms with Gasteiger partial charge in [-0.25, -0.2) is 13.1 Å². The van der Waals surface area contributed by atoms with E-state index in [1.807, 2.05) is 19.1 Å². The van der Waals surface area contributed by atoms with Crippen molar-refractivity contribution in [3.05, 3.63) is 53.7 Å². The maximum absolute atomic E-state index is 12.8. The molecule has 1 amide bonds. The highest BCUT2D eigenvalue weighted by molar-refractivity contribution is 7.90. The fourth-order valence-corrected chi connectivity index (χ4v) is 4.12. The number of nitrogens with one attached hydrogen (secondary N) is 1. The smallest absolute Gasteiger partial charge is 0.267 e. The molecule has 0 saturated carbocycles. The van der Waals surface area contributed by atoms with Gasteiger partial charge in [0.2, 0.25) is 10.0 Å². The van der Waals surface area contributed by atoms with Gasteiger partial charge in [0.25, 0.3) is 5.91 Å². The van der Waals surface area contributed by atoms with Gasteiger partial charge in [-0.05, 0) is 31.5 Å². The number of hydrogen-bond donors (Lipinski definition) is 1. The standard InChI is InChI=1S/C19H20N2O4S/c1-3-4-11-26(24,25)20-19(23)18-15-7-5-6-8-16(15)21-12-14(13(2)22)9-10-17(18)21/h5-10,12H,3-4,11H2,1-2H3,(H,20,23). The van der Waals surface area contributed by atoms with Crippen LogP contribution in [-0.2, 0) is 10.0 Å². The zero-order chi connectivity index (χ0) is 18.9. The number of fused-ring (bicyclic) bond motifs is 3. The second-order valence-corrected chi connectivity index (χ2v) is 8.07. The number of rotatable bonds is 6. The van der Waals surface area contributed by atoms with E-state index in [2.05, 4.69) is 4.72 Å². The van der Waals surface area contributed by atoms with Gasteiger partial charge in [0.05, 0.1) is 22.3 Å². The van der Waals surface area contributed by atoms with Crippen molar-refractivity contribution in [3.63, 3.8) is 0 Å². The normalized spacial score (nSPS) is 11.8. The minimum atomic E-state index is -3.69. The highest BCUT2D eigenvalue weighted by atomic mass is 32.2. The number of carbonyl (C=O) groups is 2. The summed E-state index contributed by atoms with van der Waals surface area (Å²) < 4.78 is 28.2. The number of carbonyl (C=O) groups excluding carboxylic acids is 2. The monoisotopic (exact) mass is 372 g/mol. The summed E-state index contributed by atoms with van der Waals surface area (Å²) in [5, 5.41) is 0.636. The number of benzene rings is 1. The van der Waals surface area contributed by atoms with Crippen molar-refractivity contribution in [2.75, 3.05) is 5.75 Å². The van der Waals surface area contributed by atoms with Crippen molar-refractivity contribution < 1.29 is 18.0 Å². The van der Waals surface area contributed by atoms with Crippen molar-refractivity contribution in [2.45, 2.75) is 26.7 Å². The van der Waals surface area contributed by atoms with E-state index in [4.69, 9.17) is 0 Å². The molecule has 2 aromatic heterocycles. The van der Waals surface area contributed by atoms with Crippen LogP contribution in [0.5, 0.6) is 0 Å². The number of ketones is 1. The molecule has 3 aromatic rings. The highest BCUT2D eigenvalue weighted by Crippen LogP contribution is 2.27. The summed E-state index contributed by atoms with van der Waals surface area (Å²) in [5.41, 5.74) is 2.10. The SMILES string of the molecule is CCCCS(=O)(=O)NC(=O)c1c2ccccc2n2cc(C(C)=O)ccc12. The van der Waals surface area contributed by atoms with Crippen LogP contribution in [-0.4, -0.2) is 30.3 Å². The van der Waals surface area contributed by atoms with Gasteiger partial charge in [0.15, 0.2) is 5.78 Å². The first-order chi connectivity index (χ1) is 12.3. The van der Waals surface area contributed by atoms with Crippen LogP contribution in [0.2, 0.25) is 0 Å². The zero-order valence-corrected chi connectivity index (χ0v) is 15.5. The maximum Gasteiger partial charge on any atom is 0.267 e. The molecule has 3 rings (SSSR count). The van der Waals surface area contributed by atoms with Crippen molar-refractivity contribution in [1.82, 2.24) is 9.12 Å². The Kier molecular flexibility index (Phi) is 4.82. The molecule has 0 bridgehead atoms. The molecule has 0 atom stereocenters. The van der Waals surface area contributed by atoms with Crippen LogP contribution in [0, 0.1) is 0 Å². The molecule has 0 saturated heterocycles. The number of hydrogen-bond acceptors (Lipinski definition) is 4. The van der Waals surface area contributed by atoms with E-state index in [0.29, 0.717) is 22.9 Å². The molecule has 0 aliphatic heterocycles. The van der Waals surface area contributed by atoms with Crippen LogP contribution in [0.1, 0.15) is 47.4 Å². The summed E-state index contributed by atoms with van der Waals surface area (Å²) in [7, 11) is -3.69. The predicted molar refractivity (Wildman–Crippen MR) is 101 cm³/mol. The van der Waals surface area contributed by atoms with Crippen molar-refractivity contribution in [1.29, 1.82) is 0 Å². The van der Waals surface area contributed by atoms with E-state index in [1.54, 1.807) is 34.9 Å². The van der Waals surface area contributed by atoms with Crippen LogP contribution in [0.15, 0.2) is 42.6 Å². The molecule has 7 heteroatoms. The Balaban J connectivity index is 2.15. The minimum absolute atomic E-state index is 0.0853. The molecule has 0 spiro atoms. The zero-order valence-electron chi connectivity index (χ0n) is 14.7. The number of para-hydroxylation sites is 1.